The molecule has 0 saturated heterocycles. The highest BCUT2D eigenvalue weighted by molar-refractivity contribution is 7.08. The largest absolute Gasteiger partial charge is 0.307 e. The minimum Gasteiger partial charge on any atom is -0.307 e. The molecule has 0 saturated carbocycles. The van der Waals surface area contributed by atoms with E-state index in [0.717, 1.165) is 6.54 Å². The maximum atomic E-state index is 3.57. The SMILES string of the molecule is CCNC(c1ccc(C(C)(C)C)cc1)c1ccsc1. The summed E-state index contributed by atoms with van der Waals surface area (Å²) in [4.78, 5) is 0. The highest BCUT2D eigenvalue weighted by Crippen LogP contribution is 2.27. The molecule has 1 heterocycles. The van der Waals surface area contributed by atoms with E-state index in [1.807, 2.05) is 0 Å². The zero-order chi connectivity index (χ0) is 13.9. The van der Waals surface area contributed by atoms with Crippen LogP contribution >= 0.6 is 11.3 Å². The molecule has 1 aromatic carbocycles. The van der Waals surface area contributed by atoms with Crippen molar-refractivity contribution in [1.82, 2.24) is 5.32 Å². The minimum atomic E-state index is 0.217. The van der Waals surface area contributed by atoms with Gasteiger partial charge in [-0.05, 0) is 45.5 Å². The number of nitrogens with one attached hydrogen (secondary N) is 1. The van der Waals surface area contributed by atoms with Crippen LogP contribution in [0.1, 0.15) is 50.4 Å². The van der Waals surface area contributed by atoms with Crippen molar-refractivity contribution in [3.63, 3.8) is 0 Å². The molecule has 1 aromatic heterocycles. The van der Waals surface area contributed by atoms with Crippen LogP contribution in [0.25, 0.3) is 0 Å². The molecule has 0 fully saturated rings. The predicted octanol–water partition coefficient (Wildman–Crippen LogP) is 4.74. The van der Waals surface area contributed by atoms with Crippen LogP contribution in [0.4, 0.5) is 0 Å². The Morgan fingerprint density at radius 3 is 2.21 bits per heavy atom. The second kappa shape index (κ2) is 5.89. The quantitative estimate of drug-likeness (QED) is 0.848. The minimum absolute atomic E-state index is 0.217. The highest BCUT2D eigenvalue weighted by Gasteiger charge is 2.16. The van der Waals surface area contributed by atoms with Crippen molar-refractivity contribution in [2.75, 3.05) is 6.54 Å². The van der Waals surface area contributed by atoms with E-state index in [1.54, 1.807) is 11.3 Å². The monoisotopic (exact) mass is 273 g/mol. The van der Waals surface area contributed by atoms with Crippen LogP contribution in [-0.4, -0.2) is 6.54 Å². The lowest BCUT2D eigenvalue weighted by Gasteiger charge is -2.22. The summed E-state index contributed by atoms with van der Waals surface area (Å²) in [6, 6.07) is 11.5. The first kappa shape index (κ1) is 14.3. The molecule has 102 valence electrons. The van der Waals surface area contributed by atoms with E-state index in [4.69, 9.17) is 0 Å². The van der Waals surface area contributed by atoms with Crippen molar-refractivity contribution in [3.8, 4) is 0 Å². The van der Waals surface area contributed by atoms with Crippen molar-refractivity contribution in [1.29, 1.82) is 0 Å². The topological polar surface area (TPSA) is 12.0 Å². The van der Waals surface area contributed by atoms with Crippen LogP contribution < -0.4 is 5.32 Å². The second-order valence-electron chi connectivity index (χ2n) is 5.92. The number of benzene rings is 1. The lowest BCUT2D eigenvalue weighted by Crippen LogP contribution is -2.21. The molecular formula is C17H23NS. The third kappa shape index (κ3) is 3.46. The number of rotatable bonds is 4. The van der Waals surface area contributed by atoms with Crippen molar-refractivity contribution < 1.29 is 0 Å². The summed E-state index contributed by atoms with van der Waals surface area (Å²) in [7, 11) is 0. The molecule has 1 atom stereocenters. The second-order valence-corrected chi connectivity index (χ2v) is 6.70. The van der Waals surface area contributed by atoms with Gasteiger partial charge in [0.1, 0.15) is 0 Å². The van der Waals surface area contributed by atoms with Crippen LogP contribution in [0, 0.1) is 0 Å². The Bertz CT molecular complexity index is 491. The van der Waals surface area contributed by atoms with E-state index in [2.05, 4.69) is 74.1 Å². The van der Waals surface area contributed by atoms with Gasteiger partial charge in [0.25, 0.3) is 0 Å². The highest BCUT2D eigenvalue weighted by atomic mass is 32.1. The summed E-state index contributed by atoms with van der Waals surface area (Å²) in [5.41, 5.74) is 4.30. The third-order valence-electron chi connectivity index (χ3n) is 3.39. The Morgan fingerprint density at radius 1 is 1.05 bits per heavy atom. The van der Waals surface area contributed by atoms with Gasteiger partial charge in [-0.25, -0.2) is 0 Å². The van der Waals surface area contributed by atoms with E-state index in [1.165, 1.54) is 16.7 Å². The van der Waals surface area contributed by atoms with Crippen molar-refractivity contribution in [2.24, 2.45) is 0 Å². The first-order valence-corrected chi connectivity index (χ1v) is 7.82. The number of thiophene rings is 1. The fourth-order valence-corrected chi connectivity index (χ4v) is 2.93. The lowest BCUT2D eigenvalue weighted by molar-refractivity contribution is 0.588. The molecule has 1 nitrogen and oxygen atoms in total. The summed E-state index contributed by atoms with van der Waals surface area (Å²) in [6.45, 7) is 9.89. The Hall–Kier alpha value is -1.12. The van der Waals surface area contributed by atoms with Gasteiger partial charge in [-0.15, -0.1) is 0 Å². The summed E-state index contributed by atoms with van der Waals surface area (Å²) >= 11 is 1.76. The summed E-state index contributed by atoms with van der Waals surface area (Å²) in [5, 5.41) is 7.94. The van der Waals surface area contributed by atoms with Gasteiger partial charge in [-0.1, -0.05) is 52.0 Å². The average Bonchev–Trinajstić information content (AvgIpc) is 2.89. The van der Waals surface area contributed by atoms with Crippen LogP contribution in [0.15, 0.2) is 41.1 Å². The van der Waals surface area contributed by atoms with Crippen LogP contribution in [0.3, 0.4) is 0 Å². The summed E-state index contributed by atoms with van der Waals surface area (Å²) in [5.74, 6) is 0. The molecule has 0 amide bonds. The fourth-order valence-electron chi connectivity index (χ4n) is 2.25. The third-order valence-corrected chi connectivity index (χ3v) is 4.10. The Kier molecular flexibility index (Phi) is 4.43. The molecule has 0 aliphatic heterocycles. The maximum Gasteiger partial charge on any atom is 0.0584 e. The molecule has 1 unspecified atom stereocenters. The summed E-state index contributed by atoms with van der Waals surface area (Å²) in [6.07, 6.45) is 0. The Labute approximate surface area is 120 Å². The zero-order valence-corrected chi connectivity index (χ0v) is 13.1. The molecule has 0 bridgehead atoms. The molecular weight excluding hydrogens is 250 g/mol. The molecule has 0 spiro atoms. The predicted molar refractivity (Wildman–Crippen MR) is 85.0 cm³/mol. The lowest BCUT2D eigenvalue weighted by atomic mass is 9.86. The van der Waals surface area contributed by atoms with Crippen LogP contribution in [0.2, 0.25) is 0 Å². The van der Waals surface area contributed by atoms with Crippen LogP contribution in [0.5, 0.6) is 0 Å². The standard InChI is InChI=1S/C17H23NS/c1-5-18-16(14-10-11-19-12-14)13-6-8-15(9-7-13)17(2,3)4/h6-12,16,18H,5H2,1-4H3. The molecule has 0 aliphatic carbocycles. The first-order chi connectivity index (χ1) is 9.02. The smallest absolute Gasteiger partial charge is 0.0584 e. The molecule has 0 aliphatic rings. The molecule has 0 radical (unpaired) electrons. The van der Waals surface area contributed by atoms with E-state index in [9.17, 15) is 0 Å². The Morgan fingerprint density at radius 2 is 1.74 bits per heavy atom. The zero-order valence-electron chi connectivity index (χ0n) is 12.2. The molecule has 2 aromatic rings. The maximum absolute atomic E-state index is 3.57. The average molecular weight is 273 g/mol. The van der Waals surface area contributed by atoms with E-state index < -0.39 is 0 Å². The Balaban J connectivity index is 2.28. The molecule has 1 N–H and O–H groups in total. The number of hydrogen-bond donors (Lipinski definition) is 1. The van der Waals surface area contributed by atoms with E-state index in [-0.39, 0.29) is 5.41 Å². The van der Waals surface area contributed by atoms with Crippen molar-refractivity contribution >= 4 is 11.3 Å². The van der Waals surface area contributed by atoms with E-state index >= 15 is 0 Å². The molecule has 19 heavy (non-hydrogen) atoms. The van der Waals surface area contributed by atoms with Gasteiger partial charge in [0, 0.05) is 0 Å². The van der Waals surface area contributed by atoms with Gasteiger partial charge in [-0.3, -0.25) is 0 Å². The van der Waals surface area contributed by atoms with Gasteiger partial charge in [-0.2, -0.15) is 11.3 Å². The van der Waals surface area contributed by atoms with Gasteiger partial charge in [0.2, 0.25) is 0 Å². The normalized spacial score (nSPS) is 13.5. The van der Waals surface area contributed by atoms with E-state index in [0.29, 0.717) is 6.04 Å². The van der Waals surface area contributed by atoms with Gasteiger partial charge in [0.05, 0.1) is 6.04 Å². The molecule has 2 rings (SSSR count). The van der Waals surface area contributed by atoms with Gasteiger partial charge < -0.3 is 5.32 Å². The summed E-state index contributed by atoms with van der Waals surface area (Å²) < 4.78 is 0. The van der Waals surface area contributed by atoms with Crippen molar-refractivity contribution in [3.05, 3.63) is 57.8 Å². The number of hydrogen-bond acceptors (Lipinski definition) is 2. The van der Waals surface area contributed by atoms with Crippen molar-refractivity contribution in [2.45, 2.75) is 39.2 Å². The molecule has 2 heteroatoms. The van der Waals surface area contributed by atoms with Crippen LogP contribution in [-0.2, 0) is 5.41 Å². The van der Waals surface area contributed by atoms with Gasteiger partial charge >= 0.3 is 0 Å². The van der Waals surface area contributed by atoms with Gasteiger partial charge in [0.15, 0.2) is 0 Å². The fraction of sp³-hybridized carbons (Fsp3) is 0.412. The first-order valence-electron chi connectivity index (χ1n) is 6.88.